The zero-order valence-electron chi connectivity index (χ0n) is 18.8. The molecule has 0 aliphatic carbocycles. The third-order valence-electron chi connectivity index (χ3n) is 5.77. The van der Waals surface area contributed by atoms with E-state index < -0.39 is 21.7 Å². The Morgan fingerprint density at radius 3 is 2.41 bits per heavy atom. The number of aryl methyl sites for hydroxylation is 1. The van der Waals surface area contributed by atoms with Gasteiger partial charge in [0.1, 0.15) is 11.6 Å². The standard InChI is InChI=1S/C24H31FN2O4S/c1-17(2)26-32(29,30)21-10-11-23(25)22(16-21)24(28)27-14-12-19(13-15-27)5-4-18-6-8-20(31-3)9-7-18/h6-11,16-17,19,26H,4-5,12-15H2,1-3H3. The molecule has 1 aliphatic heterocycles. The summed E-state index contributed by atoms with van der Waals surface area (Å²) in [5, 5.41) is 0. The minimum atomic E-state index is -3.81. The average Bonchev–Trinajstić information content (AvgIpc) is 2.77. The fraction of sp³-hybridized carbons (Fsp3) is 0.458. The van der Waals surface area contributed by atoms with Crippen LogP contribution in [0, 0.1) is 11.7 Å². The van der Waals surface area contributed by atoms with Crippen LogP contribution in [0.5, 0.6) is 5.75 Å². The van der Waals surface area contributed by atoms with Crippen molar-refractivity contribution in [3.8, 4) is 5.75 Å². The van der Waals surface area contributed by atoms with E-state index in [0.29, 0.717) is 19.0 Å². The van der Waals surface area contributed by atoms with Crippen LogP contribution in [0.15, 0.2) is 47.4 Å². The van der Waals surface area contributed by atoms with Crippen LogP contribution >= 0.6 is 0 Å². The molecule has 0 unspecified atom stereocenters. The normalized spacial score (nSPS) is 15.2. The molecule has 1 fully saturated rings. The van der Waals surface area contributed by atoms with E-state index in [1.807, 2.05) is 12.1 Å². The number of carbonyl (C=O) groups excluding carboxylic acids is 1. The van der Waals surface area contributed by atoms with Crippen LogP contribution in [0.4, 0.5) is 4.39 Å². The first-order chi connectivity index (χ1) is 15.2. The fourth-order valence-corrected chi connectivity index (χ4v) is 5.25. The Morgan fingerprint density at radius 1 is 1.16 bits per heavy atom. The Bertz CT molecular complexity index is 1030. The Labute approximate surface area is 189 Å². The summed E-state index contributed by atoms with van der Waals surface area (Å²) in [6.07, 6.45) is 3.67. The lowest BCUT2D eigenvalue weighted by Crippen LogP contribution is -2.39. The Morgan fingerprint density at radius 2 is 1.81 bits per heavy atom. The van der Waals surface area contributed by atoms with Gasteiger partial charge in [-0.15, -0.1) is 0 Å². The second-order valence-electron chi connectivity index (χ2n) is 8.54. The number of hydrogen-bond acceptors (Lipinski definition) is 4. The van der Waals surface area contributed by atoms with Crippen LogP contribution in [0.3, 0.4) is 0 Å². The second-order valence-corrected chi connectivity index (χ2v) is 10.3. The second kappa shape index (κ2) is 10.4. The summed E-state index contributed by atoms with van der Waals surface area (Å²) in [7, 11) is -2.16. The van der Waals surface area contributed by atoms with Gasteiger partial charge in [-0.2, -0.15) is 0 Å². The predicted octanol–water partition coefficient (Wildman–Crippen LogP) is 4.01. The first-order valence-corrected chi connectivity index (χ1v) is 12.4. The van der Waals surface area contributed by atoms with Crippen molar-refractivity contribution in [1.29, 1.82) is 0 Å². The molecular formula is C24H31FN2O4S. The molecule has 32 heavy (non-hydrogen) atoms. The summed E-state index contributed by atoms with van der Waals surface area (Å²) < 4.78 is 46.9. The highest BCUT2D eigenvalue weighted by Gasteiger charge is 2.27. The molecule has 0 bridgehead atoms. The highest BCUT2D eigenvalue weighted by atomic mass is 32.2. The van der Waals surface area contributed by atoms with E-state index in [9.17, 15) is 17.6 Å². The smallest absolute Gasteiger partial charge is 0.256 e. The van der Waals surface area contributed by atoms with Crippen molar-refractivity contribution in [3.05, 3.63) is 59.4 Å². The van der Waals surface area contributed by atoms with E-state index in [1.165, 1.54) is 11.6 Å². The number of benzene rings is 2. The summed E-state index contributed by atoms with van der Waals surface area (Å²) in [5.74, 6) is 0.162. The number of sulfonamides is 1. The number of piperidine rings is 1. The Balaban J connectivity index is 1.59. The van der Waals surface area contributed by atoms with Crippen LogP contribution in [-0.2, 0) is 16.4 Å². The Kier molecular flexibility index (Phi) is 7.90. The summed E-state index contributed by atoms with van der Waals surface area (Å²) in [6.45, 7) is 4.47. The van der Waals surface area contributed by atoms with Gasteiger partial charge in [0, 0.05) is 19.1 Å². The average molecular weight is 463 g/mol. The lowest BCUT2D eigenvalue weighted by atomic mass is 9.90. The van der Waals surface area contributed by atoms with Crippen LogP contribution in [0.25, 0.3) is 0 Å². The molecule has 0 aromatic heterocycles. The maximum atomic E-state index is 14.4. The molecule has 3 rings (SSSR count). The van der Waals surface area contributed by atoms with Crippen molar-refractivity contribution in [2.45, 2.75) is 50.5 Å². The molecular weight excluding hydrogens is 431 g/mol. The summed E-state index contributed by atoms with van der Waals surface area (Å²) in [6, 6.07) is 11.1. The third kappa shape index (κ3) is 6.07. The number of likely N-dealkylation sites (tertiary alicyclic amines) is 1. The predicted molar refractivity (Wildman–Crippen MR) is 122 cm³/mol. The number of amides is 1. The minimum Gasteiger partial charge on any atom is -0.497 e. The topological polar surface area (TPSA) is 75.7 Å². The first kappa shape index (κ1) is 24.2. The molecule has 0 spiro atoms. The first-order valence-electron chi connectivity index (χ1n) is 10.9. The van der Waals surface area contributed by atoms with Crippen molar-refractivity contribution in [2.24, 2.45) is 5.92 Å². The maximum Gasteiger partial charge on any atom is 0.256 e. The van der Waals surface area contributed by atoms with Crippen molar-refractivity contribution in [1.82, 2.24) is 9.62 Å². The van der Waals surface area contributed by atoms with Crippen molar-refractivity contribution >= 4 is 15.9 Å². The number of halogens is 1. The SMILES string of the molecule is COc1ccc(CCC2CCN(C(=O)c3cc(S(=O)(=O)NC(C)C)ccc3F)CC2)cc1. The van der Waals surface area contributed by atoms with Gasteiger partial charge >= 0.3 is 0 Å². The van der Waals surface area contributed by atoms with Crippen LogP contribution < -0.4 is 9.46 Å². The van der Waals surface area contributed by atoms with E-state index in [4.69, 9.17) is 4.74 Å². The van der Waals surface area contributed by atoms with E-state index in [0.717, 1.165) is 43.6 Å². The fourth-order valence-electron chi connectivity index (χ4n) is 3.97. The van der Waals surface area contributed by atoms with Crippen molar-refractivity contribution in [2.75, 3.05) is 20.2 Å². The van der Waals surface area contributed by atoms with E-state index >= 15 is 0 Å². The maximum absolute atomic E-state index is 14.4. The third-order valence-corrected chi connectivity index (χ3v) is 7.43. The Hall–Kier alpha value is -2.45. The lowest BCUT2D eigenvalue weighted by molar-refractivity contribution is 0.0682. The van der Waals surface area contributed by atoms with Gasteiger partial charge in [0.05, 0.1) is 17.6 Å². The van der Waals surface area contributed by atoms with Crippen LogP contribution in [0.1, 0.15) is 49.0 Å². The number of rotatable bonds is 8. The molecule has 2 aromatic rings. The number of nitrogens with zero attached hydrogens (tertiary/aromatic N) is 1. The minimum absolute atomic E-state index is 0.106. The highest BCUT2D eigenvalue weighted by molar-refractivity contribution is 7.89. The van der Waals surface area contributed by atoms with Gasteiger partial charge < -0.3 is 9.64 Å². The van der Waals surface area contributed by atoms with Crippen LogP contribution in [-0.4, -0.2) is 45.5 Å². The van der Waals surface area contributed by atoms with Gasteiger partial charge in [-0.3, -0.25) is 4.79 Å². The molecule has 174 valence electrons. The summed E-state index contributed by atoms with van der Waals surface area (Å²) >= 11 is 0. The van der Waals surface area contributed by atoms with Crippen LogP contribution in [0.2, 0.25) is 0 Å². The monoisotopic (exact) mass is 462 g/mol. The number of nitrogens with one attached hydrogen (secondary N) is 1. The highest BCUT2D eigenvalue weighted by Crippen LogP contribution is 2.25. The number of hydrogen-bond donors (Lipinski definition) is 1. The van der Waals surface area contributed by atoms with Gasteiger partial charge in [0.15, 0.2) is 0 Å². The van der Waals surface area contributed by atoms with Gasteiger partial charge in [-0.25, -0.2) is 17.5 Å². The number of ether oxygens (including phenoxy) is 1. The molecule has 1 heterocycles. The molecule has 1 N–H and O–H groups in total. The molecule has 8 heteroatoms. The van der Waals surface area contributed by atoms with Gasteiger partial charge in [0.2, 0.25) is 10.0 Å². The van der Waals surface area contributed by atoms with Gasteiger partial charge in [-0.1, -0.05) is 12.1 Å². The number of carbonyl (C=O) groups is 1. The van der Waals surface area contributed by atoms with Crippen molar-refractivity contribution in [3.63, 3.8) is 0 Å². The summed E-state index contributed by atoms with van der Waals surface area (Å²) in [4.78, 5) is 14.4. The van der Waals surface area contributed by atoms with Crippen molar-refractivity contribution < 1.29 is 22.3 Å². The van der Waals surface area contributed by atoms with E-state index in [1.54, 1.807) is 25.9 Å². The molecule has 0 saturated carbocycles. The quantitative estimate of drug-likeness (QED) is 0.643. The zero-order valence-corrected chi connectivity index (χ0v) is 19.6. The molecule has 1 aliphatic rings. The summed E-state index contributed by atoms with van der Waals surface area (Å²) in [5.41, 5.74) is 1.05. The molecule has 1 amide bonds. The molecule has 0 radical (unpaired) electrons. The largest absolute Gasteiger partial charge is 0.497 e. The molecule has 2 aromatic carbocycles. The molecule has 0 atom stereocenters. The molecule has 6 nitrogen and oxygen atoms in total. The van der Waals surface area contributed by atoms with Gasteiger partial charge in [0.25, 0.3) is 5.91 Å². The number of methoxy groups -OCH3 is 1. The zero-order chi connectivity index (χ0) is 23.3. The van der Waals surface area contributed by atoms with Gasteiger partial charge in [-0.05, 0) is 81.3 Å². The lowest BCUT2D eigenvalue weighted by Gasteiger charge is -2.32. The van der Waals surface area contributed by atoms with E-state index in [2.05, 4.69) is 16.9 Å². The molecule has 1 saturated heterocycles. The van der Waals surface area contributed by atoms with E-state index in [-0.39, 0.29) is 16.5 Å².